The fraction of sp³-hybridized carbons (Fsp3) is 0.474. The first-order chi connectivity index (χ1) is 11.5. The Morgan fingerprint density at radius 1 is 1.25 bits per heavy atom. The molecule has 4 rings (SSSR count). The zero-order valence-corrected chi connectivity index (χ0v) is 14.3. The van der Waals surface area contributed by atoms with Crippen LogP contribution in [0.5, 0.6) is 11.5 Å². The van der Waals surface area contributed by atoms with E-state index < -0.39 is 11.5 Å². The van der Waals surface area contributed by atoms with Gasteiger partial charge >= 0.3 is 0 Å². The predicted octanol–water partition coefficient (Wildman–Crippen LogP) is 0.313. The average molecular weight is 330 g/mol. The first kappa shape index (κ1) is 15.5. The molecule has 2 bridgehead atoms. The quantitative estimate of drug-likeness (QED) is 0.683. The summed E-state index contributed by atoms with van der Waals surface area (Å²) < 4.78 is 10.8. The number of piperidine rings is 1. The van der Waals surface area contributed by atoms with Gasteiger partial charge in [0.05, 0.1) is 33.2 Å². The summed E-state index contributed by atoms with van der Waals surface area (Å²) in [5.74, 6) is 1.25. The molecule has 0 saturated carbocycles. The third-order valence-corrected chi connectivity index (χ3v) is 5.97. The molecule has 128 valence electrons. The van der Waals surface area contributed by atoms with Crippen molar-refractivity contribution in [2.45, 2.75) is 30.4 Å². The van der Waals surface area contributed by atoms with E-state index >= 15 is 0 Å². The molecule has 0 amide bonds. The maximum Gasteiger partial charge on any atom is 0.162 e. The normalized spacial score (nSPS) is 33.8. The van der Waals surface area contributed by atoms with Crippen molar-refractivity contribution in [2.75, 3.05) is 27.8 Å². The maximum atomic E-state index is 10.9. The summed E-state index contributed by atoms with van der Waals surface area (Å²) in [6.07, 6.45) is 4.95. The zero-order chi connectivity index (χ0) is 17.1. The number of nitrogens with one attached hydrogen (secondary N) is 1. The Kier molecular flexibility index (Phi) is 3.41. The van der Waals surface area contributed by atoms with E-state index in [0.29, 0.717) is 17.6 Å². The van der Waals surface area contributed by atoms with E-state index in [-0.39, 0.29) is 5.75 Å². The smallest absolute Gasteiger partial charge is 0.162 e. The molecule has 24 heavy (non-hydrogen) atoms. The summed E-state index contributed by atoms with van der Waals surface area (Å²) in [6, 6.07) is 4.20. The lowest BCUT2D eigenvalue weighted by Gasteiger charge is -2.50. The highest BCUT2D eigenvalue weighted by atomic mass is 16.5. The van der Waals surface area contributed by atoms with Gasteiger partial charge in [0.1, 0.15) is 17.9 Å². The largest absolute Gasteiger partial charge is 0.504 e. The van der Waals surface area contributed by atoms with Gasteiger partial charge in [0.25, 0.3) is 0 Å². The summed E-state index contributed by atoms with van der Waals surface area (Å²) in [5.41, 5.74) is 2.84. The molecule has 1 saturated heterocycles. The topological polar surface area (TPSA) is 63.4 Å². The minimum Gasteiger partial charge on any atom is -0.504 e. The molecule has 1 heterocycles. The third kappa shape index (κ3) is 1.88. The van der Waals surface area contributed by atoms with Gasteiger partial charge in [0, 0.05) is 24.0 Å². The van der Waals surface area contributed by atoms with Gasteiger partial charge in [-0.3, -0.25) is 0 Å². The lowest BCUT2D eigenvalue weighted by atomic mass is 9.58. The number of rotatable bonds is 2. The number of likely N-dealkylation sites (N-methyl/N-ethyl adjacent to an activating group) is 1. The van der Waals surface area contributed by atoms with Crippen molar-refractivity contribution < 1.29 is 24.6 Å². The highest BCUT2D eigenvalue weighted by molar-refractivity contribution is 5.63. The number of phenolic OH excluding ortho intramolecular Hbond substituents is 1. The fourth-order valence-corrected chi connectivity index (χ4v) is 4.76. The summed E-state index contributed by atoms with van der Waals surface area (Å²) in [6.45, 7) is 1.00. The molecule has 1 aromatic rings. The van der Waals surface area contributed by atoms with E-state index in [1.807, 2.05) is 18.2 Å². The van der Waals surface area contributed by atoms with Crippen molar-refractivity contribution in [1.29, 1.82) is 0 Å². The van der Waals surface area contributed by atoms with Crippen LogP contribution in [-0.2, 0) is 16.6 Å². The van der Waals surface area contributed by atoms with E-state index in [0.717, 1.165) is 30.5 Å². The highest BCUT2D eigenvalue weighted by Gasteiger charge is 2.54. The Morgan fingerprint density at radius 2 is 2.04 bits per heavy atom. The first-order valence-electron chi connectivity index (χ1n) is 8.40. The molecule has 1 unspecified atom stereocenters. The van der Waals surface area contributed by atoms with Crippen molar-refractivity contribution in [3.8, 4) is 11.5 Å². The van der Waals surface area contributed by atoms with E-state index in [2.05, 4.69) is 13.1 Å². The summed E-state index contributed by atoms with van der Waals surface area (Å²) in [7, 11) is 5.35. The second-order valence-electron chi connectivity index (χ2n) is 7.04. The first-order valence-corrected chi connectivity index (χ1v) is 8.40. The number of ether oxygens (including phenoxy) is 2. The second kappa shape index (κ2) is 5.26. The van der Waals surface area contributed by atoms with Crippen molar-refractivity contribution in [1.82, 2.24) is 0 Å². The Morgan fingerprint density at radius 3 is 2.75 bits per heavy atom. The van der Waals surface area contributed by atoms with Crippen LogP contribution in [0.4, 0.5) is 0 Å². The lowest BCUT2D eigenvalue weighted by molar-refractivity contribution is -0.905. The van der Waals surface area contributed by atoms with E-state index in [1.165, 1.54) is 10.5 Å². The van der Waals surface area contributed by atoms with Crippen molar-refractivity contribution in [2.24, 2.45) is 0 Å². The number of aliphatic hydroxyl groups excluding tert-OH is 1. The molecule has 2 aliphatic carbocycles. The molecule has 0 aromatic heterocycles. The van der Waals surface area contributed by atoms with Gasteiger partial charge in [-0.25, -0.2) is 0 Å². The number of hydrogen-bond acceptors (Lipinski definition) is 4. The van der Waals surface area contributed by atoms with Crippen LogP contribution in [0.3, 0.4) is 0 Å². The lowest BCUT2D eigenvalue weighted by Crippen LogP contribution is -3.15. The molecular formula is C19H24NO4+. The summed E-state index contributed by atoms with van der Waals surface area (Å²) in [4.78, 5) is 1.44. The number of allylic oxidation sites excluding steroid dienone is 1. The monoisotopic (exact) mass is 330 g/mol. The standard InChI is InChI=1S/C19H23NO4/c1-20-7-6-19-10-16(24-3)14(21)9-12(19)13(20)8-11-4-5-15(23-2)18(22)17(11)19/h4-5,9-10,13-14,21-22H,6-8H2,1-3H3/p+1/t13-,14+,19+/m1/s1. The molecule has 5 nitrogen and oxygen atoms in total. The van der Waals surface area contributed by atoms with Crippen LogP contribution in [0.1, 0.15) is 17.5 Å². The number of aliphatic hydroxyl groups is 1. The van der Waals surface area contributed by atoms with Crippen LogP contribution in [0.2, 0.25) is 0 Å². The SMILES string of the molecule is COC1=C[C@]23CC[NH+](C)[C@H](Cc4ccc(OC)c(O)c42)C3=C[C@@H]1O. The number of phenols is 1. The Hall–Kier alpha value is -1.98. The summed E-state index contributed by atoms with van der Waals surface area (Å²) in [5, 5.41) is 21.3. The molecule has 1 aliphatic heterocycles. The van der Waals surface area contributed by atoms with Gasteiger partial charge in [-0.1, -0.05) is 6.07 Å². The van der Waals surface area contributed by atoms with Gasteiger partial charge in [-0.15, -0.1) is 0 Å². The van der Waals surface area contributed by atoms with Crippen molar-refractivity contribution in [3.63, 3.8) is 0 Å². The fourth-order valence-electron chi connectivity index (χ4n) is 4.76. The number of hydrogen-bond donors (Lipinski definition) is 3. The van der Waals surface area contributed by atoms with Gasteiger partial charge in [-0.2, -0.15) is 0 Å². The number of likely N-dealkylation sites (tertiary alicyclic amines) is 1. The molecule has 1 aromatic carbocycles. The number of quaternary nitrogens is 1. The van der Waals surface area contributed by atoms with Crippen LogP contribution in [-0.4, -0.2) is 50.2 Å². The van der Waals surface area contributed by atoms with Gasteiger partial charge in [-0.05, 0) is 23.8 Å². The molecule has 1 fully saturated rings. The van der Waals surface area contributed by atoms with Crippen LogP contribution < -0.4 is 9.64 Å². The van der Waals surface area contributed by atoms with Crippen LogP contribution in [0, 0.1) is 0 Å². The number of fused-ring (bicyclic) bond motifs is 1. The zero-order valence-electron chi connectivity index (χ0n) is 14.3. The van der Waals surface area contributed by atoms with Gasteiger partial charge in [0.15, 0.2) is 11.5 Å². The van der Waals surface area contributed by atoms with E-state index in [1.54, 1.807) is 14.2 Å². The van der Waals surface area contributed by atoms with Gasteiger partial charge in [0.2, 0.25) is 0 Å². The Balaban J connectivity index is 2.01. The molecule has 3 aliphatic rings. The molecular weight excluding hydrogens is 306 g/mol. The van der Waals surface area contributed by atoms with Crippen LogP contribution in [0.25, 0.3) is 0 Å². The molecule has 0 spiro atoms. The Bertz CT molecular complexity index is 754. The van der Waals surface area contributed by atoms with E-state index in [9.17, 15) is 10.2 Å². The van der Waals surface area contributed by atoms with Crippen LogP contribution in [0.15, 0.2) is 35.6 Å². The Labute approximate surface area is 141 Å². The number of methoxy groups -OCH3 is 2. The van der Waals surface area contributed by atoms with Gasteiger partial charge < -0.3 is 24.6 Å². The van der Waals surface area contributed by atoms with Crippen molar-refractivity contribution >= 4 is 0 Å². The molecule has 3 N–H and O–H groups in total. The molecule has 5 heteroatoms. The highest BCUT2D eigenvalue weighted by Crippen LogP contribution is 2.53. The minimum absolute atomic E-state index is 0.210. The molecule has 0 radical (unpaired) electrons. The van der Waals surface area contributed by atoms with Crippen molar-refractivity contribution in [3.05, 3.63) is 46.7 Å². The second-order valence-corrected chi connectivity index (χ2v) is 7.04. The third-order valence-electron chi connectivity index (χ3n) is 5.97. The molecule has 4 atom stereocenters. The average Bonchev–Trinajstić information content (AvgIpc) is 2.58. The summed E-state index contributed by atoms with van der Waals surface area (Å²) >= 11 is 0. The van der Waals surface area contributed by atoms with E-state index in [4.69, 9.17) is 9.47 Å². The minimum atomic E-state index is -0.721. The number of aromatic hydroxyl groups is 1. The maximum absolute atomic E-state index is 10.9. The number of benzene rings is 1. The predicted molar refractivity (Wildman–Crippen MR) is 89.4 cm³/mol. The van der Waals surface area contributed by atoms with Crippen LogP contribution >= 0.6 is 0 Å².